The van der Waals surface area contributed by atoms with Crippen LogP contribution < -0.4 is 10.3 Å². The van der Waals surface area contributed by atoms with Gasteiger partial charge in [0.25, 0.3) is 5.56 Å². The third-order valence-corrected chi connectivity index (χ3v) is 5.29. The molecule has 0 radical (unpaired) electrons. The quantitative estimate of drug-likeness (QED) is 0.411. The van der Waals surface area contributed by atoms with Crippen LogP contribution >= 0.6 is 23.4 Å². The van der Waals surface area contributed by atoms with Gasteiger partial charge >= 0.3 is 0 Å². The van der Waals surface area contributed by atoms with Crippen molar-refractivity contribution in [2.24, 2.45) is 0 Å². The van der Waals surface area contributed by atoms with E-state index in [1.165, 1.54) is 11.8 Å². The molecule has 0 atom stereocenters. The molecule has 0 spiro atoms. The Bertz CT molecular complexity index is 991. The Morgan fingerprint density at radius 1 is 1.22 bits per heavy atom. The molecule has 0 bridgehead atoms. The molecule has 0 saturated heterocycles. The van der Waals surface area contributed by atoms with E-state index in [1.807, 2.05) is 31.2 Å². The highest BCUT2D eigenvalue weighted by atomic mass is 35.5. The lowest BCUT2D eigenvalue weighted by molar-refractivity contribution is 0.183. The fourth-order valence-electron chi connectivity index (χ4n) is 2.73. The molecule has 3 rings (SSSR count). The average molecular weight is 405 g/mol. The van der Waals surface area contributed by atoms with Crippen molar-refractivity contribution in [1.82, 2.24) is 9.55 Å². The van der Waals surface area contributed by atoms with Crippen LogP contribution in [0.1, 0.15) is 12.5 Å². The summed E-state index contributed by atoms with van der Waals surface area (Å²) in [6.07, 6.45) is 0. The van der Waals surface area contributed by atoms with E-state index >= 15 is 0 Å². The zero-order valence-electron chi connectivity index (χ0n) is 15.3. The standard InChI is InChI=1S/C20H21ClN2O3S/c1-3-26-18-7-5-4-6-14(18)13-27-20-22-17-12-15(21)8-9-16(17)19(24)23(20)10-11-25-2/h4-9,12H,3,10-11,13H2,1-2H3. The van der Waals surface area contributed by atoms with Crippen LogP contribution in [0.15, 0.2) is 52.4 Å². The van der Waals surface area contributed by atoms with Crippen molar-refractivity contribution < 1.29 is 9.47 Å². The van der Waals surface area contributed by atoms with Crippen molar-refractivity contribution in [3.8, 4) is 5.75 Å². The number of rotatable bonds is 8. The SMILES string of the molecule is CCOc1ccccc1CSc1nc2cc(Cl)ccc2c(=O)n1CCOC. The maximum atomic E-state index is 12.9. The molecule has 0 aliphatic heterocycles. The molecule has 0 aliphatic rings. The number of ether oxygens (including phenoxy) is 2. The van der Waals surface area contributed by atoms with Gasteiger partial charge in [0.1, 0.15) is 5.75 Å². The van der Waals surface area contributed by atoms with Gasteiger partial charge in [-0.25, -0.2) is 4.98 Å². The Morgan fingerprint density at radius 3 is 2.81 bits per heavy atom. The molecule has 3 aromatic rings. The first kappa shape index (κ1) is 19.7. The second-order valence-corrected chi connectivity index (χ2v) is 7.21. The molecule has 0 aliphatic carbocycles. The number of halogens is 1. The van der Waals surface area contributed by atoms with Gasteiger partial charge in [0.05, 0.1) is 30.7 Å². The van der Waals surface area contributed by atoms with E-state index in [4.69, 9.17) is 21.1 Å². The molecule has 0 N–H and O–H groups in total. The van der Waals surface area contributed by atoms with Crippen LogP contribution in [-0.2, 0) is 17.0 Å². The summed E-state index contributed by atoms with van der Waals surface area (Å²) in [6, 6.07) is 13.0. The molecule has 5 nitrogen and oxygen atoms in total. The minimum atomic E-state index is -0.0886. The molecule has 0 amide bonds. The molecule has 2 aromatic carbocycles. The minimum Gasteiger partial charge on any atom is -0.494 e. The topological polar surface area (TPSA) is 53.3 Å². The van der Waals surface area contributed by atoms with Gasteiger partial charge in [-0.3, -0.25) is 9.36 Å². The first-order chi connectivity index (χ1) is 13.1. The summed E-state index contributed by atoms with van der Waals surface area (Å²) in [5.41, 5.74) is 1.57. The second-order valence-electron chi connectivity index (χ2n) is 5.83. The minimum absolute atomic E-state index is 0.0886. The maximum absolute atomic E-state index is 12.9. The monoisotopic (exact) mass is 404 g/mol. The summed E-state index contributed by atoms with van der Waals surface area (Å²) in [4.78, 5) is 17.6. The van der Waals surface area contributed by atoms with Gasteiger partial charge in [-0.05, 0) is 31.2 Å². The third kappa shape index (κ3) is 4.64. The number of para-hydroxylation sites is 1. The maximum Gasteiger partial charge on any atom is 0.262 e. The van der Waals surface area contributed by atoms with Gasteiger partial charge in [0, 0.05) is 23.4 Å². The molecule has 1 aromatic heterocycles. The van der Waals surface area contributed by atoms with Crippen molar-refractivity contribution in [1.29, 1.82) is 0 Å². The predicted octanol–water partition coefficient (Wildman–Crippen LogP) is 4.39. The fourth-order valence-corrected chi connectivity index (χ4v) is 3.91. The Hall–Kier alpha value is -2.02. The van der Waals surface area contributed by atoms with E-state index in [1.54, 1.807) is 29.9 Å². The lowest BCUT2D eigenvalue weighted by Crippen LogP contribution is -2.25. The summed E-state index contributed by atoms with van der Waals surface area (Å²) >= 11 is 7.58. The molecule has 142 valence electrons. The summed E-state index contributed by atoms with van der Waals surface area (Å²) in [5.74, 6) is 1.49. The van der Waals surface area contributed by atoms with Crippen molar-refractivity contribution in [2.45, 2.75) is 24.4 Å². The molecule has 0 unspecified atom stereocenters. The molecular weight excluding hydrogens is 384 g/mol. The first-order valence-corrected chi connectivity index (χ1v) is 10.0. The average Bonchev–Trinajstić information content (AvgIpc) is 2.67. The van der Waals surface area contributed by atoms with Crippen LogP contribution in [0, 0.1) is 0 Å². The van der Waals surface area contributed by atoms with Crippen molar-refractivity contribution in [2.75, 3.05) is 20.3 Å². The summed E-state index contributed by atoms with van der Waals surface area (Å²) < 4.78 is 12.5. The predicted molar refractivity (Wildman–Crippen MR) is 110 cm³/mol. The van der Waals surface area contributed by atoms with Gasteiger partial charge in [-0.2, -0.15) is 0 Å². The van der Waals surface area contributed by atoms with Crippen LogP contribution in [-0.4, -0.2) is 29.9 Å². The van der Waals surface area contributed by atoms with Gasteiger partial charge in [-0.1, -0.05) is 41.6 Å². The van der Waals surface area contributed by atoms with Crippen molar-refractivity contribution in [3.05, 3.63) is 63.4 Å². The number of aromatic nitrogens is 2. The highest BCUT2D eigenvalue weighted by molar-refractivity contribution is 7.98. The Balaban J connectivity index is 1.98. The second kappa shape index (κ2) is 9.26. The highest BCUT2D eigenvalue weighted by Crippen LogP contribution is 2.28. The van der Waals surface area contributed by atoms with E-state index in [0.717, 1.165) is 11.3 Å². The van der Waals surface area contributed by atoms with Crippen LogP contribution in [0.3, 0.4) is 0 Å². The van der Waals surface area contributed by atoms with Crippen LogP contribution in [0.25, 0.3) is 10.9 Å². The Kier molecular flexibility index (Phi) is 6.77. The zero-order chi connectivity index (χ0) is 19.2. The fraction of sp³-hybridized carbons (Fsp3) is 0.300. The Morgan fingerprint density at radius 2 is 2.04 bits per heavy atom. The number of hydrogen-bond acceptors (Lipinski definition) is 5. The number of hydrogen-bond donors (Lipinski definition) is 0. The van der Waals surface area contributed by atoms with Crippen molar-refractivity contribution in [3.63, 3.8) is 0 Å². The van der Waals surface area contributed by atoms with E-state index in [2.05, 4.69) is 4.98 Å². The Labute approximate surface area is 167 Å². The largest absolute Gasteiger partial charge is 0.494 e. The molecule has 27 heavy (non-hydrogen) atoms. The number of nitrogens with zero attached hydrogens (tertiary/aromatic N) is 2. The van der Waals surface area contributed by atoms with E-state index < -0.39 is 0 Å². The lowest BCUT2D eigenvalue weighted by atomic mass is 10.2. The van der Waals surface area contributed by atoms with Crippen LogP contribution in [0.4, 0.5) is 0 Å². The smallest absolute Gasteiger partial charge is 0.262 e. The normalized spacial score (nSPS) is 11.1. The highest BCUT2D eigenvalue weighted by Gasteiger charge is 2.13. The summed E-state index contributed by atoms with van der Waals surface area (Å²) in [5, 5.41) is 1.74. The van der Waals surface area contributed by atoms with Gasteiger partial charge < -0.3 is 9.47 Å². The number of benzene rings is 2. The van der Waals surface area contributed by atoms with E-state index in [-0.39, 0.29) is 5.56 Å². The molecular formula is C20H21ClN2O3S. The van der Waals surface area contributed by atoms with E-state index in [0.29, 0.717) is 46.6 Å². The molecule has 7 heteroatoms. The first-order valence-electron chi connectivity index (χ1n) is 8.66. The molecule has 1 heterocycles. The number of fused-ring (bicyclic) bond motifs is 1. The van der Waals surface area contributed by atoms with Gasteiger partial charge in [-0.15, -0.1) is 0 Å². The van der Waals surface area contributed by atoms with Gasteiger partial charge in [0.2, 0.25) is 0 Å². The number of thioether (sulfide) groups is 1. The zero-order valence-corrected chi connectivity index (χ0v) is 16.8. The van der Waals surface area contributed by atoms with Gasteiger partial charge in [0.15, 0.2) is 5.16 Å². The molecule has 0 saturated carbocycles. The molecule has 0 fully saturated rings. The van der Waals surface area contributed by atoms with Crippen LogP contribution in [0.5, 0.6) is 5.75 Å². The van der Waals surface area contributed by atoms with E-state index in [9.17, 15) is 4.79 Å². The summed E-state index contributed by atoms with van der Waals surface area (Å²) in [6.45, 7) is 3.44. The number of methoxy groups -OCH3 is 1. The van der Waals surface area contributed by atoms with Crippen LogP contribution in [0.2, 0.25) is 5.02 Å². The third-order valence-electron chi connectivity index (χ3n) is 4.03. The lowest BCUT2D eigenvalue weighted by Gasteiger charge is -2.14. The summed E-state index contributed by atoms with van der Waals surface area (Å²) in [7, 11) is 1.62. The van der Waals surface area contributed by atoms with Crippen molar-refractivity contribution >= 4 is 34.3 Å².